The van der Waals surface area contributed by atoms with Crippen molar-refractivity contribution in [1.82, 2.24) is 9.36 Å². The van der Waals surface area contributed by atoms with E-state index in [1.54, 1.807) is 0 Å². The van der Waals surface area contributed by atoms with Crippen LogP contribution in [0.2, 0.25) is 0 Å². The first-order valence-corrected chi connectivity index (χ1v) is 9.20. The summed E-state index contributed by atoms with van der Waals surface area (Å²) in [5.41, 5.74) is 6.49. The van der Waals surface area contributed by atoms with Gasteiger partial charge in [-0.15, -0.1) is 0 Å². The van der Waals surface area contributed by atoms with Gasteiger partial charge in [-0.25, -0.2) is 4.98 Å². The summed E-state index contributed by atoms with van der Waals surface area (Å²) in [6.45, 7) is 1.84. The summed E-state index contributed by atoms with van der Waals surface area (Å²) >= 11 is 1.31. The molecule has 0 bridgehead atoms. The van der Waals surface area contributed by atoms with Gasteiger partial charge in [-0.3, -0.25) is 4.79 Å². The second-order valence-electron chi connectivity index (χ2n) is 6.05. The lowest BCUT2D eigenvalue weighted by atomic mass is 9.93. The van der Waals surface area contributed by atoms with E-state index in [9.17, 15) is 4.79 Å². The maximum absolute atomic E-state index is 12.8. The fourth-order valence-electron chi connectivity index (χ4n) is 2.68. The van der Waals surface area contributed by atoms with Crippen LogP contribution in [0.15, 0.2) is 35.5 Å². The van der Waals surface area contributed by atoms with Gasteiger partial charge in [0.2, 0.25) is 0 Å². The Kier molecular flexibility index (Phi) is 7.53. The largest absolute Gasteiger partial charge is 0.409 e. The zero-order valence-electron chi connectivity index (χ0n) is 14.4. The normalized spacial score (nSPS) is 12.9. The first-order valence-electron chi connectivity index (χ1n) is 8.43. The molecule has 1 aromatic carbocycles. The molecule has 0 saturated heterocycles. The number of Topliss-reactive ketones (excluding diaryl/α,β-unsaturated/α-hetero) is 1. The number of aryl methyl sites for hydroxylation is 1. The van der Waals surface area contributed by atoms with Gasteiger partial charge in [0.05, 0.1) is 5.92 Å². The Labute approximate surface area is 152 Å². The number of hydrogen-bond donors (Lipinski definition) is 2. The van der Waals surface area contributed by atoms with Crippen molar-refractivity contribution in [2.45, 2.75) is 51.4 Å². The molecule has 3 N–H and O–H groups in total. The second-order valence-corrected chi connectivity index (χ2v) is 6.84. The van der Waals surface area contributed by atoms with E-state index in [1.165, 1.54) is 11.5 Å². The van der Waals surface area contributed by atoms with Crippen LogP contribution in [0.25, 0.3) is 0 Å². The van der Waals surface area contributed by atoms with E-state index >= 15 is 0 Å². The summed E-state index contributed by atoms with van der Waals surface area (Å²) in [6, 6.07) is 9.77. The number of unbranched alkanes of at least 4 members (excludes halogenated alkanes) is 2. The minimum atomic E-state index is -0.213. The molecule has 6 nitrogen and oxygen atoms in total. The van der Waals surface area contributed by atoms with Crippen LogP contribution in [0.5, 0.6) is 0 Å². The first kappa shape index (κ1) is 19.1. The zero-order valence-corrected chi connectivity index (χ0v) is 15.2. The van der Waals surface area contributed by atoms with Gasteiger partial charge in [0, 0.05) is 12.8 Å². The van der Waals surface area contributed by atoms with Gasteiger partial charge in [0.25, 0.3) is 0 Å². The number of nitrogens with zero attached hydrogens (tertiary/aromatic N) is 3. The van der Waals surface area contributed by atoms with Gasteiger partial charge in [-0.2, -0.15) is 4.37 Å². The van der Waals surface area contributed by atoms with Gasteiger partial charge in [0.1, 0.15) is 22.5 Å². The molecule has 1 heterocycles. The molecule has 1 unspecified atom stereocenters. The summed E-state index contributed by atoms with van der Waals surface area (Å²) in [5, 5.41) is 12.3. The van der Waals surface area contributed by atoms with E-state index in [0.29, 0.717) is 18.7 Å². The van der Waals surface area contributed by atoms with Gasteiger partial charge < -0.3 is 10.9 Å². The molecular formula is C18H24N4O2S. The third-order valence-electron chi connectivity index (χ3n) is 4.01. The SMILES string of the molecule is Cc1nsc(C(CCCCCC(N)=NO)C(=O)Cc2ccccc2)n1. The number of ketones is 1. The van der Waals surface area contributed by atoms with Crippen LogP contribution in [0.1, 0.15) is 54.4 Å². The number of carbonyl (C=O) groups is 1. The van der Waals surface area contributed by atoms with Crippen LogP contribution in [0.4, 0.5) is 0 Å². The number of rotatable bonds is 10. The van der Waals surface area contributed by atoms with E-state index in [4.69, 9.17) is 10.9 Å². The van der Waals surface area contributed by atoms with Crippen molar-refractivity contribution < 1.29 is 10.0 Å². The van der Waals surface area contributed by atoms with Gasteiger partial charge in [-0.1, -0.05) is 48.3 Å². The minimum absolute atomic E-state index is 0.179. The molecule has 2 rings (SSSR count). The fraction of sp³-hybridized carbons (Fsp3) is 0.444. The molecule has 0 aliphatic heterocycles. The second kappa shape index (κ2) is 9.88. The lowest BCUT2D eigenvalue weighted by Gasteiger charge is -2.13. The van der Waals surface area contributed by atoms with Crippen LogP contribution in [-0.4, -0.2) is 26.2 Å². The molecule has 134 valence electrons. The number of amidine groups is 1. The highest BCUT2D eigenvalue weighted by Gasteiger charge is 2.23. The Morgan fingerprint density at radius 1 is 1.28 bits per heavy atom. The van der Waals surface area contributed by atoms with E-state index in [1.807, 2.05) is 37.3 Å². The van der Waals surface area contributed by atoms with E-state index in [0.717, 1.165) is 36.3 Å². The van der Waals surface area contributed by atoms with E-state index < -0.39 is 0 Å². The molecule has 1 aromatic heterocycles. The number of aromatic nitrogens is 2. The summed E-state index contributed by atoms with van der Waals surface area (Å²) < 4.78 is 4.22. The highest BCUT2D eigenvalue weighted by atomic mass is 32.1. The van der Waals surface area contributed by atoms with Crippen LogP contribution in [0, 0.1) is 6.92 Å². The molecule has 0 spiro atoms. The number of oxime groups is 1. The van der Waals surface area contributed by atoms with Crippen molar-refractivity contribution in [2.75, 3.05) is 0 Å². The Morgan fingerprint density at radius 3 is 2.68 bits per heavy atom. The fourth-order valence-corrected chi connectivity index (χ4v) is 3.49. The third-order valence-corrected chi connectivity index (χ3v) is 4.92. The molecule has 1 atom stereocenters. The number of carbonyl (C=O) groups excluding carboxylic acids is 1. The van der Waals surface area contributed by atoms with Gasteiger partial charge >= 0.3 is 0 Å². The van der Waals surface area contributed by atoms with E-state index in [2.05, 4.69) is 14.5 Å². The Hall–Kier alpha value is -2.28. The van der Waals surface area contributed by atoms with Crippen LogP contribution < -0.4 is 5.73 Å². The number of hydrogen-bond acceptors (Lipinski definition) is 6. The minimum Gasteiger partial charge on any atom is -0.409 e. The van der Waals surface area contributed by atoms with Gasteiger partial charge in [-0.05, 0) is 36.9 Å². The lowest BCUT2D eigenvalue weighted by Crippen LogP contribution is -2.15. The molecule has 2 aromatic rings. The molecule has 0 radical (unpaired) electrons. The molecular weight excluding hydrogens is 336 g/mol. The van der Waals surface area contributed by atoms with Gasteiger partial charge in [0.15, 0.2) is 0 Å². The molecule has 0 saturated carbocycles. The van der Waals surface area contributed by atoms with Crippen molar-refractivity contribution in [3.05, 3.63) is 46.7 Å². The summed E-state index contributed by atoms with van der Waals surface area (Å²) in [5.74, 6) is 0.926. The van der Waals surface area contributed by atoms with Crippen LogP contribution in [-0.2, 0) is 11.2 Å². The zero-order chi connectivity index (χ0) is 18.1. The molecule has 0 aliphatic carbocycles. The maximum atomic E-state index is 12.8. The predicted octanol–water partition coefficient (Wildman–Crippen LogP) is 3.44. The topological polar surface area (TPSA) is 101 Å². The maximum Gasteiger partial charge on any atom is 0.147 e. The average molecular weight is 360 g/mol. The summed E-state index contributed by atoms with van der Waals surface area (Å²) in [7, 11) is 0. The molecule has 7 heteroatoms. The highest BCUT2D eigenvalue weighted by Crippen LogP contribution is 2.26. The van der Waals surface area contributed by atoms with Crippen LogP contribution >= 0.6 is 11.5 Å². The Morgan fingerprint density at radius 2 is 2.04 bits per heavy atom. The quantitative estimate of drug-likeness (QED) is 0.222. The predicted molar refractivity (Wildman–Crippen MR) is 99.0 cm³/mol. The molecule has 0 fully saturated rings. The Bertz CT molecular complexity index is 700. The summed E-state index contributed by atoms with van der Waals surface area (Å²) in [6.07, 6.45) is 4.37. The molecule has 0 aliphatic rings. The smallest absolute Gasteiger partial charge is 0.147 e. The third kappa shape index (κ3) is 6.26. The molecule has 25 heavy (non-hydrogen) atoms. The van der Waals surface area contributed by atoms with Crippen molar-refractivity contribution >= 4 is 23.2 Å². The Balaban J connectivity index is 1.95. The molecule has 0 amide bonds. The highest BCUT2D eigenvalue weighted by molar-refractivity contribution is 7.05. The van der Waals surface area contributed by atoms with Crippen molar-refractivity contribution in [3.8, 4) is 0 Å². The standard InChI is InChI=1S/C18H24N4O2S/c1-13-20-18(25-22-13)15(10-6-3-7-11-17(19)21-24)16(23)12-14-8-4-2-5-9-14/h2,4-5,8-9,15,24H,3,6-7,10-12H2,1H3,(H2,19,21). The van der Waals surface area contributed by atoms with Crippen LogP contribution in [0.3, 0.4) is 0 Å². The van der Waals surface area contributed by atoms with Crippen molar-refractivity contribution in [1.29, 1.82) is 0 Å². The first-order chi connectivity index (χ1) is 12.1. The average Bonchev–Trinajstić information content (AvgIpc) is 3.04. The number of benzene rings is 1. The lowest BCUT2D eigenvalue weighted by molar-refractivity contribution is -0.120. The number of nitrogens with two attached hydrogens (primary N) is 1. The van der Waals surface area contributed by atoms with Crippen molar-refractivity contribution in [3.63, 3.8) is 0 Å². The monoisotopic (exact) mass is 360 g/mol. The summed E-state index contributed by atoms with van der Waals surface area (Å²) in [4.78, 5) is 17.2. The van der Waals surface area contributed by atoms with Crippen molar-refractivity contribution in [2.24, 2.45) is 10.9 Å². The van der Waals surface area contributed by atoms with E-state index in [-0.39, 0.29) is 17.5 Å².